The van der Waals surface area contributed by atoms with E-state index in [1.165, 1.54) is 14.0 Å². The number of nitrogens with zero attached hydrogens (tertiary/aromatic N) is 5. The van der Waals surface area contributed by atoms with Crippen LogP contribution in [0.15, 0.2) is 65.6 Å². The molecule has 0 aliphatic carbocycles. The predicted octanol–water partition coefficient (Wildman–Crippen LogP) is 1.27. The van der Waals surface area contributed by atoms with Crippen molar-refractivity contribution in [2.24, 2.45) is 0 Å². The summed E-state index contributed by atoms with van der Waals surface area (Å²) in [5.74, 6) is -1.14. The Kier molecular flexibility index (Phi) is 6.52. The lowest BCUT2D eigenvalue weighted by Crippen LogP contribution is -2.51. The Hall–Kier alpha value is -3.57. The van der Waals surface area contributed by atoms with Crippen LogP contribution in [-0.2, 0) is 19.6 Å². The number of sulfonamides is 1. The molecule has 172 valence electrons. The summed E-state index contributed by atoms with van der Waals surface area (Å²) in [7, 11) is -3.61. The van der Waals surface area contributed by atoms with Gasteiger partial charge in [-0.15, -0.1) is 5.10 Å². The van der Waals surface area contributed by atoms with Crippen LogP contribution in [0.4, 0.5) is 0 Å². The van der Waals surface area contributed by atoms with Crippen molar-refractivity contribution in [3.05, 3.63) is 72.1 Å². The number of carbonyl (C=O) groups excluding carboxylic acids is 2. The minimum absolute atomic E-state index is 0.0328. The lowest BCUT2D eigenvalue weighted by Gasteiger charge is -2.33. The molecule has 0 saturated carbocycles. The first kappa shape index (κ1) is 22.6. The average Bonchev–Trinajstić information content (AvgIpc) is 3.25. The SMILES string of the molecule is Cc1nn(-c2ccccc2)nc1C(=O)OCC(=O)N1CCN(S(=O)(=O)c2ccccc2)CC1. The highest BCUT2D eigenvalue weighted by molar-refractivity contribution is 7.89. The normalized spacial score (nSPS) is 14.8. The molecule has 1 aliphatic heterocycles. The van der Waals surface area contributed by atoms with Crippen LogP contribution in [0.5, 0.6) is 0 Å². The second kappa shape index (κ2) is 9.51. The van der Waals surface area contributed by atoms with Crippen molar-refractivity contribution in [1.82, 2.24) is 24.2 Å². The molecular formula is C22H23N5O5S. The lowest BCUT2D eigenvalue weighted by atomic mass is 10.3. The van der Waals surface area contributed by atoms with Crippen LogP contribution in [0.25, 0.3) is 5.69 Å². The Labute approximate surface area is 191 Å². The Morgan fingerprint density at radius 3 is 2.15 bits per heavy atom. The number of esters is 1. The molecule has 0 radical (unpaired) electrons. The number of piperazine rings is 1. The molecule has 1 fully saturated rings. The summed E-state index contributed by atoms with van der Waals surface area (Å²) in [5, 5.41) is 8.39. The molecule has 1 aliphatic rings. The number of benzene rings is 2. The highest BCUT2D eigenvalue weighted by Crippen LogP contribution is 2.17. The van der Waals surface area contributed by atoms with Gasteiger partial charge in [0.1, 0.15) is 0 Å². The fourth-order valence-electron chi connectivity index (χ4n) is 3.45. The number of aromatic nitrogens is 3. The third-order valence-electron chi connectivity index (χ3n) is 5.26. The summed E-state index contributed by atoms with van der Waals surface area (Å²) in [4.78, 5) is 28.0. The number of hydrogen-bond donors (Lipinski definition) is 0. The summed E-state index contributed by atoms with van der Waals surface area (Å²) in [5.41, 5.74) is 1.11. The Bertz CT molecular complexity index is 1240. The van der Waals surface area contributed by atoms with Crippen LogP contribution in [0.2, 0.25) is 0 Å². The third-order valence-corrected chi connectivity index (χ3v) is 7.17. The zero-order valence-corrected chi connectivity index (χ0v) is 18.8. The van der Waals surface area contributed by atoms with Gasteiger partial charge in [0.2, 0.25) is 10.0 Å². The summed E-state index contributed by atoms with van der Waals surface area (Å²) in [6.45, 7) is 1.94. The molecule has 4 rings (SSSR count). The second-order valence-electron chi connectivity index (χ2n) is 7.43. The fourth-order valence-corrected chi connectivity index (χ4v) is 4.89. The quantitative estimate of drug-likeness (QED) is 0.499. The molecule has 1 aromatic heterocycles. The number of hydrogen-bond acceptors (Lipinski definition) is 7. The number of ether oxygens (including phenoxy) is 1. The zero-order valence-electron chi connectivity index (χ0n) is 18.0. The van der Waals surface area contributed by atoms with Crippen molar-refractivity contribution in [1.29, 1.82) is 0 Å². The fraction of sp³-hybridized carbons (Fsp3) is 0.273. The first-order valence-electron chi connectivity index (χ1n) is 10.4. The summed E-state index contributed by atoms with van der Waals surface area (Å²) >= 11 is 0. The molecule has 0 spiro atoms. The predicted molar refractivity (Wildman–Crippen MR) is 118 cm³/mol. The first-order chi connectivity index (χ1) is 15.9. The molecule has 11 heteroatoms. The van der Waals surface area contributed by atoms with Crippen LogP contribution >= 0.6 is 0 Å². The molecular weight excluding hydrogens is 446 g/mol. The van der Waals surface area contributed by atoms with Gasteiger partial charge in [-0.3, -0.25) is 4.79 Å². The summed E-state index contributed by atoms with van der Waals surface area (Å²) in [6.07, 6.45) is 0. The molecule has 0 N–H and O–H groups in total. The van der Waals surface area contributed by atoms with E-state index in [9.17, 15) is 18.0 Å². The van der Waals surface area contributed by atoms with Gasteiger partial charge in [0.25, 0.3) is 5.91 Å². The van der Waals surface area contributed by atoms with Crippen molar-refractivity contribution in [3.63, 3.8) is 0 Å². The smallest absolute Gasteiger partial charge is 0.361 e. The van der Waals surface area contributed by atoms with Gasteiger partial charge in [-0.1, -0.05) is 36.4 Å². The summed E-state index contributed by atoms with van der Waals surface area (Å²) < 4.78 is 31.9. The maximum Gasteiger partial charge on any atom is 0.361 e. The molecule has 0 bridgehead atoms. The van der Waals surface area contributed by atoms with Gasteiger partial charge >= 0.3 is 5.97 Å². The zero-order chi connectivity index (χ0) is 23.4. The minimum Gasteiger partial charge on any atom is -0.451 e. The molecule has 2 heterocycles. The number of aryl methyl sites for hydroxylation is 1. The van der Waals surface area contributed by atoms with Gasteiger partial charge in [0.05, 0.1) is 16.3 Å². The van der Waals surface area contributed by atoms with Crippen molar-refractivity contribution >= 4 is 21.9 Å². The van der Waals surface area contributed by atoms with Gasteiger partial charge < -0.3 is 9.64 Å². The van der Waals surface area contributed by atoms with Crippen molar-refractivity contribution in [3.8, 4) is 5.69 Å². The third kappa shape index (κ3) is 4.94. The lowest BCUT2D eigenvalue weighted by molar-refractivity contribution is -0.135. The van der Waals surface area contributed by atoms with E-state index >= 15 is 0 Å². The highest BCUT2D eigenvalue weighted by Gasteiger charge is 2.30. The highest BCUT2D eigenvalue weighted by atomic mass is 32.2. The van der Waals surface area contributed by atoms with E-state index < -0.39 is 28.5 Å². The van der Waals surface area contributed by atoms with Crippen LogP contribution < -0.4 is 0 Å². The van der Waals surface area contributed by atoms with E-state index in [2.05, 4.69) is 10.2 Å². The molecule has 3 aromatic rings. The maximum absolute atomic E-state index is 12.7. The topological polar surface area (TPSA) is 115 Å². The van der Waals surface area contributed by atoms with Crippen molar-refractivity contribution in [2.45, 2.75) is 11.8 Å². The van der Waals surface area contributed by atoms with Crippen LogP contribution in [0.3, 0.4) is 0 Å². The first-order valence-corrected chi connectivity index (χ1v) is 11.8. The number of rotatable bonds is 6. The monoisotopic (exact) mass is 469 g/mol. The van der Waals surface area contributed by atoms with E-state index in [1.54, 1.807) is 49.4 Å². The standard InChI is InChI=1S/C22H23N5O5S/c1-17-21(24-27(23-17)18-8-4-2-5-9-18)22(29)32-16-20(28)25-12-14-26(15-13-25)33(30,31)19-10-6-3-7-11-19/h2-11H,12-16H2,1H3. The van der Waals surface area contributed by atoms with E-state index in [-0.39, 0.29) is 36.8 Å². The van der Waals surface area contributed by atoms with E-state index in [4.69, 9.17) is 4.74 Å². The molecule has 0 unspecified atom stereocenters. The minimum atomic E-state index is -3.61. The van der Waals surface area contributed by atoms with Gasteiger partial charge in [-0.2, -0.15) is 14.2 Å². The van der Waals surface area contributed by atoms with Crippen molar-refractivity contribution in [2.75, 3.05) is 32.8 Å². The largest absolute Gasteiger partial charge is 0.451 e. The van der Waals surface area contributed by atoms with E-state index in [0.29, 0.717) is 11.4 Å². The maximum atomic E-state index is 12.7. The Morgan fingerprint density at radius 1 is 0.909 bits per heavy atom. The van der Waals surface area contributed by atoms with Gasteiger partial charge in [0.15, 0.2) is 12.3 Å². The molecule has 1 saturated heterocycles. The van der Waals surface area contributed by atoms with E-state index in [0.717, 1.165) is 0 Å². The van der Waals surface area contributed by atoms with Gasteiger partial charge in [-0.05, 0) is 31.2 Å². The second-order valence-corrected chi connectivity index (χ2v) is 9.37. The van der Waals surface area contributed by atoms with Gasteiger partial charge in [-0.25, -0.2) is 13.2 Å². The van der Waals surface area contributed by atoms with Crippen LogP contribution in [0, 0.1) is 6.92 Å². The molecule has 33 heavy (non-hydrogen) atoms. The van der Waals surface area contributed by atoms with Crippen LogP contribution in [-0.4, -0.2) is 77.3 Å². The van der Waals surface area contributed by atoms with Crippen molar-refractivity contribution < 1.29 is 22.7 Å². The van der Waals surface area contributed by atoms with E-state index in [1.807, 2.05) is 18.2 Å². The number of para-hydroxylation sites is 1. The van der Waals surface area contributed by atoms with Crippen LogP contribution in [0.1, 0.15) is 16.2 Å². The summed E-state index contributed by atoms with van der Waals surface area (Å²) in [6, 6.07) is 17.3. The van der Waals surface area contributed by atoms with Gasteiger partial charge in [0, 0.05) is 26.2 Å². The average molecular weight is 470 g/mol. The number of amides is 1. The molecule has 10 nitrogen and oxygen atoms in total. The molecule has 1 amide bonds. The molecule has 2 aromatic carbocycles. The molecule has 0 atom stereocenters. The Balaban J connectivity index is 1.31. The number of carbonyl (C=O) groups is 2. The Morgan fingerprint density at radius 2 is 1.52 bits per heavy atom.